The molecule has 140 valence electrons. The van der Waals surface area contributed by atoms with Gasteiger partial charge >= 0.3 is 0 Å². The normalized spacial score (nSPS) is 10.8. The van der Waals surface area contributed by atoms with Crippen molar-refractivity contribution in [3.05, 3.63) is 76.0 Å². The summed E-state index contributed by atoms with van der Waals surface area (Å²) < 4.78 is 19.6. The summed E-state index contributed by atoms with van der Waals surface area (Å²) >= 11 is 12.2. The second-order valence-electron chi connectivity index (χ2n) is 6.05. The van der Waals surface area contributed by atoms with E-state index in [-0.39, 0.29) is 18.9 Å². The van der Waals surface area contributed by atoms with Crippen LogP contribution in [0.15, 0.2) is 53.1 Å². The zero-order valence-corrected chi connectivity index (χ0v) is 16.1. The third-order valence-electron chi connectivity index (χ3n) is 4.13. The van der Waals surface area contributed by atoms with Gasteiger partial charge in [-0.25, -0.2) is 9.37 Å². The zero-order chi connectivity index (χ0) is 19.4. The van der Waals surface area contributed by atoms with Gasteiger partial charge in [-0.15, -0.1) is 0 Å². The van der Waals surface area contributed by atoms with Crippen LogP contribution < -0.4 is 0 Å². The fourth-order valence-corrected chi connectivity index (χ4v) is 3.08. The molecule has 0 spiro atoms. The first-order valence-corrected chi connectivity index (χ1v) is 9.07. The minimum absolute atomic E-state index is 0.0980. The number of rotatable bonds is 6. The van der Waals surface area contributed by atoms with Crippen LogP contribution in [0.4, 0.5) is 4.39 Å². The number of hydrogen-bond donors (Lipinski definition) is 0. The third-order valence-corrected chi connectivity index (χ3v) is 4.81. The minimum Gasteiger partial charge on any atom is -0.441 e. The van der Waals surface area contributed by atoms with Crippen molar-refractivity contribution in [3.8, 4) is 11.3 Å². The number of oxazole rings is 1. The summed E-state index contributed by atoms with van der Waals surface area (Å²) in [5.74, 6) is 0.399. The molecule has 27 heavy (non-hydrogen) atoms. The Morgan fingerprint density at radius 3 is 2.63 bits per heavy atom. The Balaban J connectivity index is 1.60. The first-order chi connectivity index (χ1) is 13.0. The van der Waals surface area contributed by atoms with Crippen LogP contribution in [0, 0.1) is 5.82 Å². The Labute approximate surface area is 166 Å². The van der Waals surface area contributed by atoms with E-state index in [1.54, 1.807) is 25.4 Å². The van der Waals surface area contributed by atoms with Gasteiger partial charge in [-0.05, 0) is 24.3 Å². The van der Waals surface area contributed by atoms with Crippen LogP contribution in [0.25, 0.3) is 11.3 Å². The summed E-state index contributed by atoms with van der Waals surface area (Å²) in [6.45, 7) is 0.0980. The summed E-state index contributed by atoms with van der Waals surface area (Å²) in [5.41, 5.74) is 1.04. The van der Waals surface area contributed by atoms with E-state index in [0.717, 1.165) is 5.56 Å². The molecule has 0 aliphatic rings. The molecule has 1 amide bonds. The molecule has 0 atom stereocenters. The summed E-state index contributed by atoms with van der Waals surface area (Å²) in [6, 6.07) is 11.7. The van der Waals surface area contributed by atoms with Gasteiger partial charge in [0.1, 0.15) is 5.82 Å². The molecule has 0 N–H and O–H groups in total. The van der Waals surface area contributed by atoms with Crippen LogP contribution in [-0.2, 0) is 17.8 Å². The molecule has 0 bridgehead atoms. The molecule has 0 aliphatic heterocycles. The van der Waals surface area contributed by atoms with Gasteiger partial charge in [-0.1, -0.05) is 41.4 Å². The largest absolute Gasteiger partial charge is 0.441 e. The van der Waals surface area contributed by atoms with Crippen LogP contribution in [-0.4, -0.2) is 22.8 Å². The highest BCUT2D eigenvalue weighted by atomic mass is 35.5. The molecule has 3 aromatic rings. The standard InChI is InChI=1S/C20H17Cl2FN2O2/c1-25(12-14-16(22)7-4-8-17(14)23)20(26)10-9-19-24-11-18(27-19)13-5-2-3-6-15(13)21/h2-8,11H,9-10,12H2,1H3. The Hall–Kier alpha value is -2.37. The smallest absolute Gasteiger partial charge is 0.223 e. The average molecular weight is 407 g/mol. The van der Waals surface area contributed by atoms with E-state index in [4.69, 9.17) is 27.6 Å². The Bertz CT molecular complexity index is 938. The average Bonchev–Trinajstić information content (AvgIpc) is 3.12. The van der Waals surface area contributed by atoms with Gasteiger partial charge in [0.15, 0.2) is 11.7 Å². The molecule has 0 saturated carbocycles. The van der Waals surface area contributed by atoms with Gasteiger partial charge in [0.2, 0.25) is 5.91 Å². The third kappa shape index (κ3) is 4.67. The van der Waals surface area contributed by atoms with E-state index in [9.17, 15) is 9.18 Å². The first-order valence-electron chi connectivity index (χ1n) is 8.32. The lowest BCUT2D eigenvalue weighted by Gasteiger charge is -2.18. The number of carbonyl (C=O) groups excluding carboxylic acids is 1. The molecule has 0 unspecified atom stereocenters. The second-order valence-corrected chi connectivity index (χ2v) is 6.86. The number of nitrogens with zero attached hydrogens (tertiary/aromatic N) is 2. The highest BCUT2D eigenvalue weighted by Crippen LogP contribution is 2.28. The van der Waals surface area contributed by atoms with Crippen molar-refractivity contribution < 1.29 is 13.6 Å². The molecule has 0 radical (unpaired) electrons. The van der Waals surface area contributed by atoms with Crippen molar-refractivity contribution in [2.75, 3.05) is 7.05 Å². The quantitative estimate of drug-likeness (QED) is 0.551. The predicted molar refractivity (Wildman–Crippen MR) is 103 cm³/mol. The minimum atomic E-state index is -0.431. The Morgan fingerprint density at radius 2 is 1.89 bits per heavy atom. The fraction of sp³-hybridized carbons (Fsp3) is 0.200. The van der Waals surface area contributed by atoms with E-state index in [2.05, 4.69) is 4.98 Å². The van der Waals surface area contributed by atoms with Crippen LogP contribution in [0.2, 0.25) is 10.0 Å². The van der Waals surface area contributed by atoms with Gasteiger partial charge < -0.3 is 9.32 Å². The van der Waals surface area contributed by atoms with Gasteiger partial charge in [0, 0.05) is 42.6 Å². The van der Waals surface area contributed by atoms with Crippen LogP contribution in [0.3, 0.4) is 0 Å². The molecule has 0 saturated heterocycles. The van der Waals surface area contributed by atoms with E-state index < -0.39 is 5.82 Å². The number of carbonyl (C=O) groups is 1. The van der Waals surface area contributed by atoms with E-state index in [0.29, 0.717) is 33.7 Å². The maximum atomic E-state index is 13.9. The van der Waals surface area contributed by atoms with Crippen molar-refractivity contribution in [1.82, 2.24) is 9.88 Å². The van der Waals surface area contributed by atoms with Crippen LogP contribution >= 0.6 is 23.2 Å². The molecule has 3 rings (SSSR count). The maximum absolute atomic E-state index is 13.9. The molecule has 1 aromatic heterocycles. The summed E-state index contributed by atoms with van der Waals surface area (Å²) in [7, 11) is 1.61. The van der Waals surface area contributed by atoms with Crippen LogP contribution in [0.1, 0.15) is 17.9 Å². The second kappa shape index (κ2) is 8.55. The van der Waals surface area contributed by atoms with Crippen LogP contribution in [0.5, 0.6) is 0 Å². The predicted octanol–water partition coefficient (Wildman–Crippen LogP) is 5.38. The van der Waals surface area contributed by atoms with Crippen molar-refractivity contribution in [3.63, 3.8) is 0 Å². The van der Waals surface area contributed by atoms with Crippen molar-refractivity contribution in [2.45, 2.75) is 19.4 Å². The summed E-state index contributed by atoms with van der Waals surface area (Å²) in [6.07, 6.45) is 2.10. The monoisotopic (exact) mass is 406 g/mol. The number of aromatic nitrogens is 1. The van der Waals surface area contributed by atoms with Crippen molar-refractivity contribution >= 4 is 29.1 Å². The first kappa shape index (κ1) is 19.4. The highest BCUT2D eigenvalue weighted by molar-refractivity contribution is 6.33. The van der Waals surface area contributed by atoms with Gasteiger partial charge in [-0.3, -0.25) is 4.79 Å². The number of hydrogen-bond acceptors (Lipinski definition) is 3. The topological polar surface area (TPSA) is 46.3 Å². The number of amides is 1. The molecule has 1 heterocycles. The fourth-order valence-electron chi connectivity index (χ4n) is 2.62. The SMILES string of the molecule is CN(Cc1c(F)cccc1Cl)C(=O)CCc1ncc(-c2ccccc2Cl)o1. The van der Waals surface area contributed by atoms with E-state index >= 15 is 0 Å². The van der Waals surface area contributed by atoms with Crippen molar-refractivity contribution in [2.24, 2.45) is 0 Å². The van der Waals surface area contributed by atoms with Gasteiger partial charge in [0.25, 0.3) is 0 Å². The molecule has 2 aromatic carbocycles. The molecule has 7 heteroatoms. The van der Waals surface area contributed by atoms with Gasteiger partial charge in [-0.2, -0.15) is 0 Å². The summed E-state index contributed by atoms with van der Waals surface area (Å²) in [5, 5.41) is 0.865. The maximum Gasteiger partial charge on any atom is 0.223 e. The number of aryl methyl sites for hydroxylation is 1. The van der Waals surface area contributed by atoms with Gasteiger partial charge in [0.05, 0.1) is 11.2 Å². The van der Waals surface area contributed by atoms with Crippen molar-refractivity contribution in [1.29, 1.82) is 0 Å². The molecular formula is C20H17Cl2FN2O2. The highest BCUT2D eigenvalue weighted by Gasteiger charge is 2.16. The lowest BCUT2D eigenvalue weighted by atomic mass is 10.2. The van der Waals surface area contributed by atoms with E-state index in [1.165, 1.54) is 17.0 Å². The van der Waals surface area contributed by atoms with E-state index in [1.807, 2.05) is 18.2 Å². The summed E-state index contributed by atoms with van der Waals surface area (Å²) in [4.78, 5) is 18.0. The number of benzene rings is 2. The molecule has 4 nitrogen and oxygen atoms in total. The molecule has 0 fully saturated rings. The Kier molecular flexibility index (Phi) is 6.14. The molecular weight excluding hydrogens is 390 g/mol. The lowest BCUT2D eigenvalue weighted by Crippen LogP contribution is -2.27. The lowest BCUT2D eigenvalue weighted by molar-refractivity contribution is -0.130. The zero-order valence-electron chi connectivity index (χ0n) is 14.6. The number of halogens is 3. The Morgan fingerprint density at radius 1 is 1.15 bits per heavy atom. The molecule has 0 aliphatic carbocycles.